The summed E-state index contributed by atoms with van der Waals surface area (Å²) in [4.78, 5) is 22.7. The van der Waals surface area contributed by atoms with Crippen LogP contribution in [0.15, 0.2) is 28.6 Å². The lowest BCUT2D eigenvalue weighted by molar-refractivity contribution is -0.133. The Morgan fingerprint density at radius 2 is 1.87 bits per heavy atom. The first-order valence-electron chi connectivity index (χ1n) is 6.86. The van der Waals surface area contributed by atoms with E-state index in [1.165, 1.54) is 0 Å². The number of hydrogen-bond acceptors (Lipinski definition) is 6. The number of aromatic nitrogens is 2. The highest BCUT2D eigenvalue weighted by atomic mass is 32.2. The van der Waals surface area contributed by atoms with Crippen molar-refractivity contribution in [2.24, 2.45) is 0 Å². The predicted molar refractivity (Wildman–Crippen MR) is 91.4 cm³/mol. The third-order valence-corrected chi connectivity index (χ3v) is 4.92. The molecular weight excluding hydrogens is 334 g/mol. The minimum absolute atomic E-state index is 0.0322. The van der Waals surface area contributed by atoms with Gasteiger partial charge in [-0.1, -0.05) is 56.0 Å². The van der Waals surface area contributed by atoms with E-state index in [1.54, 1.807) is 12.1 Å². The van der Waals surface area contributed by atoms with E-state index in [1.807, 2.05) is 12.1 Å². The van der Waals surface area contributed by atoms with E-state index in [4.69, 9.17) is 5.11 Å². The zero-order chi connectivity index (χ0) is 17.0. The molecule has 1 aromatic heterocycles. The largest absolute Gasteiger partial charge is 0.481 e. The normalized spacial score (nSPS) is 11.3. The number of amides is 1. The van der Waals surface area contributed by atoms with Crippen LogP contribution in [0.1, 0.15) is 36.7 Å². The van der Waals surface area contributed by atoms with E-state index in [9.17, 15) is 9.59 Å². The Kier molecular flexibility index (Phi) is 5.38. The van der Waals surface area contributed by atoms with Gasteiger partial charge in [-0.25, -0.2) is 0 Å². The molecule has 2 aromatic rings. The van der Waals surface area contributed by atoms with Crippen LogP contribution >= 0.6 is 23.1 Å². The van der Waals surface area contributed by atoms with Gasteiger partial charge in [0.2, 0.25) is 5.13 Å². The maximum atomic E-state index is 12.2. The molecule has 23 heavy (non-hydrogen) atoms. The van der Waals surface area contributed by atoms with Gasteiger partial charge in [0.05, 0.1) is 5.75 Å². The second kappa shape index (κ2) is 7.10. The Labute approximate surface area is 142 Å². The van der Waals surface area contributed by atoms with Gasteiger partial charge in [-0.05, 0) is 23.1 Å². The Hall–Kier alpha value is -1.93. The lowest BCUT2D eigenvalue weighted by atomic mass is 9.87. The topological polar surface area (TPSA) is 92.2 Å². The molecular formula is C15H17N3O3S2. The highest BCUT2D eigenvalue weighted by Crippen LogP contribution is 2.26. The summed E-state index contributed by atoms with van der Waals surface area (Å²) in [7, 11) is 0. The standard InChI is InChI=1S/C15H17N3O3S2/c1-15(2,3)10-6-4-9(5-7-10)12(21)16-13-17-18-14(23-13)22-8-11(19)20/h4-7H,8H2,1-3H3,(H,19,20)(H,16,17,21). The van der Waals surface area contributed by atoms with Crippen LogP contribution in [-0.4, -0.2) is 32.9 Å². The molecule has 0 aliphatic carbocycles. The lowest BCUT2D eigenvalue weighted by Crippen LogP contribution is -2.14. The van der Waals surface area contributed by atoms with Crippen LogP contribution in [0, 0.1) is 0 Å². The maximum Gasteiger partial charge on any atom is 0.313 e. The average molecular weight is 351 g/mol. The Balaban J connectivity index is 2.00. The molecule has 0 spiro atoms. The van der Waals surface area contributed by atoms with Gasteiger partial charge in [-0.2, -0.15) is 0 Å². The van der Waals surface area contributed by atoms with Gasteiger partial charge < -0.3 is 5.11 Å². The lowest BCUT2D eigenvalue weighted by Gasteiger charge is -2.18. The van der Waals surface area contributed by atoms with E-state index in [-0.39, 0.29) is 17.1 Å². The van der Waals surface area contributed by atoms with Crippen molar-refractivity contribution < 1.29 is 14.7 Å². The van der Waals surface area contributed by atoms with Crippen LogP contribution in [0.5, 0.6) is 0 Å². The molecule has 1 aromatic carbocycles. The first-order chi connectivity index (χ1) is 10.8. The molecule has 0 aliphatic heterocycles. The molecule has 1 heterocycles. The second-order valence-corrected chi connectivity index (χ2v) is 8.04. The molecule has 0 saturated heterocycles. The number of benzene rings is 1. The van der Waals surface area contributed by atoms with Crippen LogP contribution < -0.4 is 5.32 Å². The molecule has 0 aliphatic rings. The number of carboxylic acid groups (broad SMARTS) is 1. The molecule has 8 heteroatoms. The van der Waals surface area contributed by atoms with Gasteiger partial charge in [0, 0.05) is 5.56 Å². The first-order valence-corrected chi connectivity index (χ1v) is 8.66. The molecule has 2 rings (SSSR count). The van der Waals surface area contributed by atoms with Crippen molar-refractivity contribution >= 4 is 40.1 Å². The fourth-order valence-corrected chi connectivity index (χ4v) is 3.20. The highest BCUT2D eigenvalue weighted by molar-refractivity contribution is 8.01. The number of anilines is 1. The zero-order valence-electron chi connectivity index (χ0n) is 13.0. The van der Waals surface area contributed by atoms with Gasteiger partial charge in [-0.15, -0.1) is 10.2 Å². The average Bonchev–Trinajstić information content (AvgIpc) is 2.92. The smallest absolute Gasteiger partial charge is 0.313 e. The quantitative estimate of drug-likeness (QED) is 0.634. The summed E-state index contributed by atoms with van der Waals surface area (Å²) in [6.07, 6.45) is 0. The van der Waals surface area contributed by atoms with Gasteiger partial charge in [0.15, 0.2) is 4.34 Å². The van der Waals surface area contributed by atoms with Gasteiger partial charge in [-0.3, -0.25) is 14.9 Å². The Bertz CT molecular complexity index is 706. The summed E-state index contributed by atoms with van der Waals surface area (Å²) in [6, 6.07) is 7.42. The van der Waals surface area contributed by atoms with E-state index in [0.717, 1.165) is 28.7 Å². The summed E-state index contributed by atoms with van der Waals surface area (Å²) >= 11 is 2.22. The number of nitrogens with one attached hydrogen (secondary N) is 1. The second-order valence-electron chi connectivity index (χ2n) is 5.84. The van der Waals surface area contributed by atoms with Gasteiger partial charge in [0.25, 0.3) is 5.91 Å². The summed E-state index contributed by atoms with van der Waals surface area (Å²) < 4.78 is 0.505. The van der Waals surface area contributed by atoms with Crippen molar-refractivity contribution in [1.29, 1.82) is 0 Å². The maximum absolute atomic E-state index is 12.2. The van der Waals surface area contributed by atoms with Gasteiger partial charge >= 0.3 is 5.97 Å². The van der Waals surface area contributed by atoms with E-state index >= 15 is 0 Å². The van der Waals surface area contributed by atoms with Crippen molar-refractivity contribution in [3.05, 3.63) is 35.4 Å². The Morgan fingerprint density at radius 1 is 1.22 bits per heavy atom. The van der Waals surface area contributed by atoms with Crippen molar-refractivity contribution in [3.63, 3.8) is 0 Å². The van der Waals surface area contributed by atoms with E-state index in [0.29, 0.717) is 15.0 Å². The number of nitrogens with zero attached hydrogens (tertiary/aromatic N) is 2. The fraction of sp³-hybridized carbons (Fsp3) is 0.333. The molecule has 122 valence electrons. The molecule has 0 saturated carbocycles. The third kappa shape index (κ3) is 5.04. The van der Waals surface area contributed by atoms with Crippen molar-refractivity contribution in [1.82, 2.24) is 10.2 Å². The van der Waals surface area contributed by atoms with E-state index in [2.05, 4.69) is 36.3 Å². The van der Waals surface area contributed by atoms with Gasteiger partial charge in [0.1, 0.15) is 0 Å². The number of carboxylic acids is 1. The number of aliphatic carboxylic acids is 1. The predicted octanol–water partition coefficient (Wildman–Crippen LogP) is 3.26. The van der Waals surface area contributed by atoms with Crippen LogP contribution in [0.4, 0.5) is 5.13 Å². The molecule has 6 nitrogen and oxygen atoms in total. The summed E-state index contributed by atoms with van der Waals surface area (Å²) in [6.45, 7) is 6.33. The molecule has 0 unspecified atom stereocenters. The third-order valence-electron chi connectivity index (χ3n) is 2.96. The summed E-state index contributed by atoms with van der Waals surface area (Å²) in [5, 5.41) is 19.3. The minimum Gasteiger partial charge on any atom is -0.481 e. The fourth-order valence-electron chi connectivity index (χ4n) is 1.73. The Morgan fingerprint density at radius 3 is 2.43 bits per heavy atom. The number of hydrogen-bond donors (Lipinski definition) is 2. The minimum atomic E-state index is -0.922. The van der Waals surface area contributed by atoms with Crippen LogP contribution in [-0.2, 0) is 10.2 Å². The molecule has 2 N–H and O–H groups in total. The monoisotopic (exact) mass is 351 g/mol. The molecule has 0 fully saturated rings. The summed E-state index contributed by atoms with van der Waals surface area (Å²) in [5.74, 6) is -1.28. The zero-order valence-corrected chi connectivity index (χ0v) is 14.6. The molecule has 0 bridgehead atoms. The highest BCUT2D eigenvalue weighted by Gasteiger charge is 2.15. The van der Waals surface area contributed by atoms with Crippen LogP contribution in [0.2, 0.25) is 0 Å². The molecule has 0 atom stereocenters. The SMILES string of the molecule is CC(C)(C)c1ccc(C(=O)Nc2nnc(SCC(=O)O)s2)cc1. The molecule has 1 amide bonds. The number of carbonyl (C=O) groups is 2. The van der Waals surface area contributed by atoms with Crippen molar-refractivity contribution in [3.8, 4) is 0 Å². The van der Waals surface area contributed by atoms with Crippen molar-refractivity contribution in [2.75, 3.05) is 11.1 Å². The first kappa shape index (κ1) is 17.4. The summed E-state index contributed by atoms with van der Waals surface area (Å²) in [5.41, 5.74) is 1.72. The number of carbonyl (C=O) groups excluding carboxylic acids is 1. The van der Waals surface area contributed by atoms with Crippen LogP contribution in [0.3, 0.4) is 0 Å². The number of thioether (sulfide) groups is 1. The molecule has 0 radical (unpaired) electrons. The van der Waals surface area contributed by atoms with Crippen molar-refractivity contribution in [2.45, 2.75) is 30.5 Å². The van der Waals surface area contributed by atoms with E-state index < -0.39 is 5.97 Å². The van der Waals surface area contributed by atoms with Crippen LogP contribution in [0.25, 0.3) is 0 Å². The number of rotatable bonds is 5.